The fourth-order valence-electron chi connectivity index (χ4n) is 4.22. The van der Waals surface area contributed by atoms with Crippen LogP contribution in [0.25, 0.3) is 0 Å². The van der Waals surface area contributed by atoms with Gasteiger partial charge in [-0.05, 0) is 61.7 Å². The molecule has 2 heterocycles. The molecule has 4 nitrogen and oxygen atoms in total. The summed E-state index contributed by atoms with van der Waals surface area (Å²) in [7, 11) is 0. The molecule has 0 unspecified atom stereocenters. The molecular formula is C25H25F2N3O. The summed E-state index contributed by atoms with van der Waals surface area (Å²) in [5.74, 6) is -0.879. The van der Waals surface area contributed by atoms with Gasteiger partial charge in [0.1, 0.15) is 11.6 Å². The van der Waals surface area contributed by atoms with Gasteiger partial charge in [0.2, 0.25) is 0 Å². The van der Waals surface area contributed by atoms with Crippen molar-refractivity contribution in [2.45, 2.75) is 25.4 Å². The number of likely N-dealkylation sites (tertiary alicyclic amines) is 1. The lowest BCUT2D eigenvalue weighted by atomic mass is 9.88. The van der Waals surface area contributed by atoms with Crippen LogP contribution in [0.4, 0.5) is 8.78 Å². The number of rotatable bonds is 6. The van der Waals surface area contributed by atoms with Gasteiger partial charge < -0.3 is 5.32 Å². The second-order valence-electron chi connectivity index (χ2n) is 7.94. The lowest BCUT2D eigenvalue weighted by Crippen LogP contribution is -2.43. The van der Waals surface area contributed by atoms with E-state index in [-0.39, 0.29) is 29.2 Å². The van der Waals surface area contributed by atoms with Crippen molar-refractivity contribution in [2.24, 2.45) is 5.92 Å². The summed E-state index contributed by atoms with van der Waals surface area (Å²) in [6.45, 7) is 2.10. The van der Waals surface area contributed by atoms with Gasteiger partial charge in [0.05, 0.1) is 11.7 Å². The molecule has 1 fully saturated rings. The molecule has 0 saturated carbocycles. The molecule has 0 aliphatic carbocycles. The number of benzene rings is 2. The van der Waals surface area contributed by atoms with Gasteiger partial charge in [0, 0.05) is 30.4 Å². The van der Waals surface area contributed by atoms with Gasteiger partial charge in [-0.3, -0.25) is 14.7 Å². The first-order chi connectivity index (χ1) is 15.1. The first kappa shape index (κ1) is 21.1. The van der Waals surface area contributed by atoms with Crippen LogP contribution in [0.5, 0.6) is 0 Å². The zero-order chi connectivity index (χ0) is 21.6. The van der Waals surface area contributed by atoms with Crippen molar-refractivity contribution < 1.29 is 13.6 Å². The highest BCUT2D eigenvalue weighted by molar-refractivity contribution is 5.94. The van der Waals surface area contributed by atoms with E-state index < -0.39 is 5.82 Å². The van der Waals surface area contributed by atoms with E-state index in [4.69, 9.17) is 0 Å². The number of aromatic nitrogens is 1. The van der Waals surface area contributed by atoms with Crippen molar-refractivity contribution >= 4 is 5.91 Å². The standard InChI is InChI=1S/C25H25F2N3O/c26-21-10-5-8-18(15-21)25(31)29-24(23-12-3-4-13-28-23)20-9-6-14-30(17-20)16-19-7-1-2-11-22(19)27/h1-5,7-8,10-13,15,20,24H,6,9,14,16-17H2,(H,29,31)/t20-,24-/m0/s1. The number of nitrogens with one attached hydrogen (secondary N) is 1. The predicted octanol–water partition coefficient (Wildman–Crippen LogP) is 4.74. The molecule has 160 valence electrons. The summed E-state index contributed by atoms with van der Waals surface area (Å²) >= 11 is 0. The molecule has 0 bridgehead atoms. The molecule has 31 heavy (non-hydrogen) atoms. The molecule has 1 saturated heterocycles. The first-order valence-corrected chi connectivity index (χ1v) is 10.5. The maximum Gasteiger partial charge on any atom is 0.251 e. The van der Waals surface area contributed by atoms with Crippen molar-refractivity contribution in [3.8, 4) is 0 Å². The van der Waals surface area contributed by atoms with Crippen LogP contribution in [0, 0.1) is 17.6 Å². The largest absolute Gasteiger partial charge is 0.343 e. The molecule has 1 aromatic heterocycles. The van der Waals surface area contributed by atoms with Crippen molar-refractivity contribution in [3.05, 3.63) is 101 Å². The van der Waals surface area contributed by atoms with E-state index in [0.29, 0.717) is 18.7 Å². The fourth-order valence-corrected chi connectivity index (χ4v) is 4.22. The molecule has 2 aromatic carbocycles. The molecule has 1 aliphatic rings. The second kappa shape index (κ2) is 9.79. The molecule has 4 rings (SSSR count). The molecule has 6 heteroatoms. The number of hydrogen-bond donors (Lipinski definition) is 1. The number of pyridine rings is 1. The summed E-state index contributed by atoms with van der Waals surface area (Å²) in [6, 6.07) is 17.8. The zero-order valence-corrected chi connectivity index (χ0v) is 17.2. The summed E-state index contributed by atoms with van der Waals surface area (Å²) in [6.07, 6.45) is 3.56. The van der Waals surface area contributed by atoms with E-state index in [9.17, 15) is 13.6 Å². The van der Waals surface area contributed by atoms with E-state index in [1.165, 1.54) is 24.3 Å². The fraction of sp³-hybridized carbons (Fsp3) is 0.280. The smallest absolute Gasteiger partial charge is 0.251 e. The number of carbonyl (C=O) groups excluding carboxylic acids is 1. The first-order valence-electron chi connectivity index (χ1n) is 10.5. The van der Waals surface area contributed by atoms with Crippen LogP contribution in [0.3, 0.4) is 0 Å². The zero-order valence-electron chi connectivity index (χ0n) is 17.2. The molecular weight excluding hydrogens is 396 g/mol. The minimum absolute atomic E-state index is 0.105. The number of piperidine rings is 1. The third kappa shape index (κ3) is 5.33. The minimum Gasteiger partial charge on any atom is -0.343 e. The summed E-state index contributed by atoms with van der Waals surface area (Å²) in [4.78, 5) is 19.6. The van der Waals surface area contributed by atoms with E-state index in [0.717, 1.165) is 25.1 Å². The van der Waals surface area contributed by atoms with Crippen LogP contribution in [-0.2, 0) is 6.54 Å². The van der Waals surface area contributed by atoms with E-state index in [1.54, 1.807) is 24.4 Å². The quantitative estimate of drug-likeness (QED) is 0.625. The summed E-state index contributed by atoms with van der Waals surface area (Å²) in [5, 5.41) is 3.07. The molecule has 0 spiro atoms. The Morgan fingerprint density at radius 2 is 1.94 bits per heavy atom. The number of halogens is 2. The average Bonchev–Trinajstić information content (AvgIpc) is 2.79. The Morgan fingerprint density at radius 1 is 1.10 bits per heavy atom. The van der Waals surface area contributed by atoms with Crippen LogP contribution >= 0.6 is 0 Å². The van der Waals surface area contributed by atoms with Gasteiger partial charge in [0.15, 0.2) is 0 Å². The van der Waals surface area contributed by atoms with Gasteiger partial charge in [0.25, 0.3) is 5.91 Å². The predicted molar refractivity (Wildman–Crippen MR) is 115 cm³/mol. The average molecular weight is 421 g/mol. The number of amides is 1. The van der Waals surface area contributed by atoms with Crippen LogP contribution in [0.1, 0.15) is 40.5 Å². The normalized spacial score (nSPS) is 17.8. The van der Waals surface area contributed by atoms with Gasteiger partial charge in [-0.15, -0.1) is 0 Å². The Balaban J connectivity index is 1.53. The van der Waals surface area contributed by atoms with Crippen LogP contribution < -0.4 is 5.32 Å². The van der Waals surface area contributed by atoms with Gasteiger partial charge >= 0.3 is 0 Å². The van der Waals surface area contributed by atoms with Crippen LogP contribution in [0.2, 0.25) is 0 Å². The second-order valence-corrected chi connectivity index (χ2v) is 7.94. The van der Waals surface area contributed by atoms with Crippen molar-refractivity contribution in [1.29, 1.82) is 0 Å². The Bertz CT molecular complexity index is 1030. The monoisotopic (exact) mass is 421 g/mol. The molecule has 2 atom stereocenters. The van der Waals surface area contributed by atoms with Crippen LogP contribution in [0.15, 0.2) is 72.9 Å². The highest BCUT2D eigenvalue weighted by atomic mass is 19.1. The van der Waals surface area contributed by atoms with Crippen molar-refractivity contribution in [2.75, 3.05) is 13.1 Å². The van der Waals surface area contributed by atoms with Crippen molar-refractivity contribution in [3.63, 3.8) is 0 Å². The Labute approximate surface area is 180 Å². The lowest BCUT2D eigenvalue weighted by molar-refractivity contribution is 0.0874. The number of nitrogens with zero attached hydrogens (tertiary/aromatic N) is 2. The summed E-state index contributed by atoms with van der Waals surface area (Å²) in [5.41, 5.74) is 1.71. The Morgan fingerprint density at radius 3 is 2.71 bits per heavy atom. The van der Waals surface area contributed by atoms with Gasteiger partial charge in [-0.25, -0.2) is 8.78 Å². The van der Waals surface area contributed by atoms with E-state index >= 15 is 0 Å². The third-order valence-electron chi connectivity index (χ3n) is 5.74. The third-order valence-corrected chi connectivity index (χ3v) is 5.74. The van der Waals surface area contributed by atoms with E-state index in [2.05, 4.69) is 15.2 Å². The van der Waals surface area contributed by atoms with Gasteiger partial charge in [-0.2, -0.15) is 0 Å². The Hall–Kier alpha value is -3.12. The molecule has 1 amide bonds. The molecule has 3 aromatic rings. The molecule has 1 N–H and O–H groups in total. The van der Waals surface area contributed by atoms with Crippen LogP contribution in [-0.4, -0.2) is 28.9 Å². The summed E-state index contributed by atoms with van der Waals surface area (Å²) < 4.78 is 27.7. The maximum atomic E-state index is 14.1. The highest BCUT2D eigenvalue weighted by Crippen LogP contribution is 2.30. The number of carbonyl (C=O) groups is 1. The van der Waals surface area contributed by atoms with Crippen molar-refractivity contribution in [1.82, 2.24) is 15.2 Å². The van der Waals surface area contributed by atoms with E-state index in [1.807, 2.05) is 24.3 Å². The molecule has 1 aliphatic heterocycles. The maximum absolute atomic E-state index is 14.1. The molecule has 0 radical (unpaired) electrons. The topological polar surface area (TPSA) is 45.2 Å². The minimum atomic E-state index is -0.448. The van der Waals surface area contributed by atoms with Gasteiger partial charge in [-0.1, -0.05) is 30.3 Å². The lowest BCUT2D eigenvalue weighted by Gasteiger charge is -2.37. The Kier molecular flexibility index (Phi) is 6.67. The highest BCUT2D eigenvalue weighted by Gasteiger charge is 2.31. The SMILES string of the molecule is O=C(N[C@H](c1ccccn1)[C@H]1CCCN(Cc2ccccc2F)C1)c1cccc(F)c1. The number of hydrogen-bond acceptors (Lipinski definition) is 3.